The summed E-state index contributed by atoms with van der Waals surface area (Å²) in [5, 5.41) is 48.6. The molecular weight excluding hydrogens is 540 g/mol. The van der Waals surface area contributed by atoms with Gasteiger partial charge in [0.25, 0.3) is 0 Å². The second-order valence-corrected chi connectivity index (χ2v) is 9.71. The quantitative estimate of drug-likeness (QED) is 0.211. The van der Waals surface area contributed by atoms with E-state index in [1.54, 1.807) is 56.4 Å². The summed E-state index contributed by atoms with van der Waals surface area (Å²) < 4.78 is 0. The van der Waals surface area contributed by atoms with Gasteiger partial charge in [-0.15, -0.1) is 0 Å². The molecule has 0 bridgehead atoms. The minimum absolute atomic E-state index is 0.00752. The zero-order valence-electron chi connectivity index (χ0n) is 22.7. The molecule has 0 amide bonds. The summed E-state index contributed by atoms with van der Waals surface area (Å²) in [5.41, 5.74) is 3.53. The summed E-state index contributed by atoms with van der Waals surface area (Å²) in [7, 11) is 1.56. The molecule has 0 atom stereocenters. The Morgan fingerprint density at radius 2 is 1.14 bits per heavy atom. The standard InChI is InChI=1S/C32H28N2O8/c1-17-3-6-20(23(11-17)29(35)36)12-18-4-7-21(24(14-18)30(37)38)13-19-5-9-28(25(15-19)31(39)40)34-22-8-10-27(33-2)26(16-22)32(41)42/h3-11,14-16,33-34H,12-13H2,1-2H3,(H,35,36)(H,37,38)(H,39,40)(H,41,42)/p-2. The van der Waals surface area contributed by atoms with Crippen LogP contribution in [0.3, 0.4) is 0 Å². The average Bonchev–Trinajstić information content (AvgIpc) is 2.95. The third-order valence-electron chi connectivity index (χ3n) is 6.78. The van der Waals surface area contributed by atoms with Gasteiger partial charge in [0.1, 0.15) is 0 Å². The molecule has 0 aromatic heterocycles. The molecular formula is C32H26N2O8-2. The summed E-state index contributed by atoms with van der Waals surface area (Å²) in [6.07, 6.45) is 0.311. The van der Waals surface area contributed by atoms with Gasteiger partial charge < -0.3 is 40.6 Å². The van der Waals surface area contributed by atoms with Gasteiger partial charge in [-0.2, -0.15) is 0 Å². The molecule has 4 N–H and O–H groups in total. The van der Waals surface area contributed by atoms with Crippen LogP contribution in [0.2, 0.25) is 0 Å². The fourth-order valence-corrected chi connectivity index (χ4v) is 4.71. The Kier molecular flexibility index (Phi) is 8.56. The van der Waals surface area contributed by atoms with Crippen molar-refractivity contribution in [3.05, 3.63) is 123 Å². The van der Waals surface area contributed by atoms with Crippen molar-refractivity contribution in [3.8, 4) is 0 Å². The second-order valence-electron chi connectivity index (χ2n) is 9.71. The maximum Gasteiger partial charge on any atom is 0.335 e. The van der Waals surface area contributed by atoms with E-state index in [4.69, 9.17) is 0 Å². The molecule has 0 spiro atoms. The molecule has 0 saturated heterocycles. The summed E-state index contributed by atoms with van der Waals surface area (Å²) in [6.45, 7) is 1.79. The molecule has 10 heteroatoms. The lowest BCUT2D eigenvalue weighted by atomic mass is 9.93. The summed E-state index contributed by atoms with van der Waals surface area (Å²) in [5.74, 6) is -5.13. The highest BCUT2D eigenvalue weighted by Crippen LogP contribution is 2.27. The molecule has 0 aliphatic rings. The lowest BCUT2D eigenvalue weighted by Gasteiger charge is -2.17. The molecule has 10 nitrogen and oxygen atoms in total. The zero-order chi connectivity index (χ0) is 30.6. The van der Waals surface area contributed by atoms with Gasteiger partial charge in [-0.1, -0.05) is 35.9 Å². The van der Waals surface area contributed by atoms with Crippen molar-refractivity contribution in [1.82, 2.24) is 0 Å². The first-order valence-electron chi connectivity index (χ1n) is 12.8. The van der Waals surface area contributed by atoms with Crippen LogP contribution in [0, 0.1) is 6.92 Å². The highest BCUT2D eigenvalue weighted by atomic mass is 16.4. The van der Waals surface area contributed by atoms with Gasteiger partial charge in [-0.25, -0.2) is 9.59 Å². The van der Waals surface area contributed by atoms with Crippen LogP contribution >= 0.6 is 0 Å². The van der Waals surface area contributed by atoms with Crippen molar-refractivity contribution in [2.24, 2.45) is 0 Å². The first-order valence-corrected chi connectivity index (χ1v) is 12.8. The number of carbonyl (C=O) groups excluding carboxylic acids is 2. The highest BCUT2D eigenvalue weighted by Gasteiger charge is 2.16. The fourth-order valence-electron chi connectivity index (χ4n) is 4.71. The van der Waals surface area contributed by atoms with E-state index in [-0.39, 0.29) is 40.8 Å². The predicted octanol–water partition coefficient (Wildman–Crippen LogP) is 3.09. The maximum atomic E-state index is 12.1. The van der Waals surface area contributed by atoms with E-state index in [2.05, 4.69) is 10.6 Å². The number of hydrogen-bond acceptors (Lipinski definition) is 8. The number of carboxylic acids is 4. The maximum absolute atomic E-state index is 12.1. The Morgan fingerprint density at radius 1 is 0.643 bits per heavy atom. The number of hydrogen-bond donors (Lipinski definition) is 4. The van der Waals surface area contributed by atoms with Crippen LogP contribution in [0.4, 0.5) is 17.1 Å². The molecule has 4 aromatic carbocycles. The molecule has 4 aromatic rings. The Balaban J connectivity index is 1.62. The smallest absolute Gasteiger partial charge is 0.335 e. The number of aromatic carboxylic acids is 4. The zero-order valence-corrected chi connectivity index (χ0v) is 22.7. The summed E-state index contributed by atoms with van der Waals surface area (Å²) in [4.78, 5) is 47.3. The monoisotopic (exact) mass is 566 g/mol. The second kappa shape index (κ2) is 12.3. The SMILES string of the molecule is CNc1ccc(Nc2ccc(Cc3ccc(Cc4ccc(C)cc4C(=O)O)cc3C(=O)O)cc2C(=O)[O-])cc1C(=O)[O-]. The van der Waals surface area contributed by atoms with Crippen molar-refractivity contribution in [2.75, 3.05) is 17.7 Å². The Labute approximate surface area is 240 Å². The van der Waals surface area contributed by atoms with Crippen LogP contribution in [-0.2, 0) is 12.8 Å². The lowest BCUT2D eigenvalue weighted by Crippen LogP contribution is -2.24. The third-order valence-corrected chi connectivity index (χ3v) is 6.78. The van der Waals surface area contributed by atoms with Gasteiger partial charge in [0, 0.05) is 35.2 Å². The Hall–Kier alpha value is -5.64. The molecule has 0 aliphatic heterocycles. The number of rotatable bonds is 11. The number of carboxylic acid groups (broad SMARTS) is 4. The van der Waals surface area contributed by atoms with E-state index >= 15 is 0 Å². The number of benzene rings is 4. The fraction of sp³-hybridized carbons (Fsp3) is 0.125. The van der Waals surface area contributed by atoms with Crippen molar-refractivity contribution >= 4 is 40.9 Å². The van der Waals surface area contributed by atoms with Crippen LogP contribution < -0.4 is 20.8 Å². The van der Waals surface area contributed by atoms with Crippen LogP contribution in [0.5, 0.6) is 0 Å². The molecule has 214 valence electrons. The molecule has 0 fully saturated rings. The van der Waals surface area contributed by atoms with Crippen molar-refractivity contribution in [2.45, 2.75) is 19.8 Å². The largest absolute Gasteiger partial charge is 0.545 e. The van der Waals surface area contributed by atoms with Gasteiger partial charge in [0.15, 0.2) is 0 Å². The first-order chi connectivity index (χ1) is 20.0. The number of carbonyl (C=O) groups is 4. The molecule has 0 unspecified atom stereocenters. The van der Waals surface area contributed by atoms with Crippen molar-refractivity contribution in [3.63, 3.8) is 0 Å². The average molecular weight is 567 g/mol. The topological polar surface area (TPSA) is 179 Å². The molecule has 0 radical (unpaired) electrons. The first kappa shape index (κ1) is 29.3. The minimum Gasteiger partial charge on any atom is -0.545 e. The van der Waals surface area contributed by atoms with E-state index in [0.717, 1.165) is 5.56 Å². The third kappa shape index (κ3) is 6.56. The van der Waals surface area contributed by atoms with E-state index < -0.39 is 23.9 Å². The molecule has 42 heavy (non-hydrogen) atoms. The minimum atomic E-state index is -1.48. The molecule has 0 aliphatic carbocycles. The Morgan fingerprint density at radius 3 is 1.71 bits per heavy atom. The van der Waals surface area contributed by atoms with Gasteiger partial charge in [0.2, 0.25) is 0 Å². The number of anilines is 3. The molecule has 4 rings (SSSR count). The predicted molar refractivity (Wildman–Crippen MR) is 152 cm³/mol. The van der Waals surface area contributed by atoms with Crippen LogP contribution in [0.25, 0.3) is 0 Å². The van der Waals surface area contributed by atoms with Gasteiger partial charge >= 0.3 is 11.9 Å². The van der Waals surface area contributed by atoms with Crippen molar-refractivity contribution < 1.29 is 39.6 Å². The van der Waals surface area contributed by atoms with Crippen LogP contribution in [-0.4, -0.2) is 41.1 Å². The van der Waals surface area contributed by atoms with E-state index in [9.17, 15) is 39.6 Å². The number of nitrogens with one attached hydrogen (secondary N) is 2. The molecule has 0 heterocycles. The van der Waals surface area contributed by atoms with Gasteiger partial charge in [-0.05, 0) is 84.5 Å². The van der Waals surface area contributed by atoms with Crippen LogP contribution in [0.1, 0.15) is 69.2 Å². The highest BCUT2D eigenvalue weighted by molar-refractivity contribution is 5.96. The van der Waals surface area contributed by atoms with Crippen LogP contribution in [0.15, 0.2) is 72.8 Å². The van der Waals surface area contributed by atoms with Crippen molar-refractivity contribution in [1.29, 1.82) is 0 Å². The van der Waals surface area contributed by atoms with E-state index in [1.807, 2.05) is 0 Å². The Bertz CT molecular complexity index is 1730. The normalized spacial score (nSPS) is 10.6. The number of aryl methyl sites for hydroxylation is 1. The summed E-state index contributed by atoms with van der Waals surface area (Å²) >= 11 is 0. The lowest BCUT2D eigenvalue weighted by molar-refractivity contribution is -0.256. The van der Waals surface area contributed by atoms with E-state index in [1.165, 1.54) is 30.3 Å². The van der Waals surface area contributed by atoms with E-state index in [0.29, 0.717) is 33.6 Å². The molecule has 0 saturated carbocycles. The van der Waals surface area contributed by atoms with Gasteiger partial charge in [-0.3, -0.25) is 0 Å². The summed E-state index contributed by atoms with van der Waals surface area (Å²) in [6, 6.07) is 18.8. The van der Waals surface area contributed by atoms with Gasteiger partial charge in [0.05, 0.1) is 23.1 Å².